The van der Waals surface area contributed by atoms with E-state index >= 15 is 0 Å². The van der Waals surface area contributed by atoms with E-state index in [1.54, 1.807) is 6.92 Å². The molecule has 1 rings (SSSR count). The minimum atomic E-state index is -1.79. The van der Waals surface area contributed by atoms with Crippen molar-refractivity contribution in [3.05, 3.63) is 12.2 Å². The Labute approximate surface area is 93.3 Å². The molecule has 1 aliphatic rings. The van der Waals surface area contributed by atoms with E-state index in [-0.39, 0.29) is 12.5 Å². The molecule has 2 nitrogen and oxygen atoms in total. The third-order valence-corrected chi connectivity index (χ3v) is 4.69. The Morgan fingerprint density at radius 1 is 1.71 bits per heavy atom. The van der Waals surface area contributed by atoms with Gasteiger partial charge in [0.2, 0.25) is 0 Å². The van der Waals surface area contributed by atoms with Crippen molar-refractivity contribution in [3.63, 3.8) is 0 Å². The number of halogens is 2. The molecule has 0 amide bonds. The highest BCUT2D eigenvalue weighted by Crippen LogP contribution is 2.41. The first-order chi connectivity index (χ1) is 6.65. The van der Waals surface area contributed by atoms with Gasteiger partial charge in [0.05, 0.1) is 6.61 Å². The van der Waals surface area contributed by atoms with E-state index in [0.717, 1.165) is 0 Å². The third kappa shape index (κ3) is 2.21. The van der Waals surface area contributed by atoms with Gasteiger partial charge >= 0.3 is 5.97 Å². The zero-order valence-corrected chi connectivity index (χ0v) is 10.3. The molecule has 0 radical (unpaired) electrons. The average Bonchev–Trinajstić information content (AvgIpc) is 2.70. The van der Waals surface area contributed by atoms with Gasteiger partial charge in [-0.05, 0) is 19.8 Å². The van der Waals surface area contributed by atoms with E-state index < -0.39 is 30.4 Å². The summed E-state index contributed by atoms with van der Waals surface area (Å²) in [4.78, 5) is 11.4. The lowest BCUT2D eigenvalue weighted by atomic mass is 10.0. The van der Waals surface area contributed by atoms with E-state index in [4.69, 9.17) is 4.74 Å². The van der Waals surface area contributed by atoms with Gasteiger partial charge in [0, 0.05) is 5.92 Å². The van der Waals surface area contributed by atoms with E-state index in [0.29, 0.717) is 12.8 Å². The molecule has 1 aliphatic carbocycles. The van der Waals surface area contributed by atoms with Crippen LogP contribution in [0.3, 0.4) is 0 Å². The van der Waals surface area contributed by atoms with Gasteiger partial charge in [-0.1, -0.05) is 37.4 Å². The van der Waals surface area contributed by atoms with Crippen molar-refractivity contribution in [2.75, 3.05) is 6.61 Å². The zero-order valence-electron chi connectivity index (χ0n) is 8.13. The Hall–Kier alpha value is -0.260. The van der Waals surface area contributed by atoms with E-state index in [1.807, 2.05) is 12.2 Å². The van der Waals surface area contributed by atoms with Crippen LogP contribution in [0.1, 0.15) is 19.8 Å². The molecule has 14 heavy (non-hydrogen) atoms. The summed E-state index contributed by atoms with van der Waals surface area (Å²) in [6.07, 6.45) is 5.09. The monoisotopic (exact) mass is 312 g/mol. The predicted molar refractivity (Wildman–Crippen MR) is 63.5 cm³/mol. The number of carbonyl (C=O) groups is 1. The van der Waals surface area contributed by atoms with Crippen LogP contribution in [0.25, 0.3) is 0 Å². The molecule has 0 heterocycles. The van der Waals surface area contributed by atoms with Crippen molar-refractivity contribution in [2.24, 2.45) is 5.92 Å². The summed E-state index contributed by atoms with van der Waals surface area (Å²) in [6.45, 7) is 1.92. The number of hydrogen-bond acceptors (Lipinski definition) is 2. The second kappa shape index (κ2) is 5.00. The maximum atomic E-state index is 14.3. The second-order valence-electron chi connectivity index (χ2n) is 3.12. The third-order valence-electron chi connectivity index (χ3n) is 2.26. The predicted octanol–water partition coefficient (Wildman–Crippen LogP) is 2.58. The summed E-state index contributed by atoms with van der Waals surface area (Å²) in [5.41, 5.74) is 0. The number of esters is 1. The maximum Gasteiger partial charge on any atom is 0.354 e. The van der Waals surface area contributed by atoms with Gasteiger partial charge < -0.3 is 4.74 Å². The largest absolute Gasteiger partial charge is 0.463 e. The molecule has 0 aromatic heterocycles. The Balaban J connectivity index is 2.74. The summed E-state index contributed by atoms with van der Waals surface area (Å²) < 4.78 is 20.9. The van der Waals surface area contributed by atoms with Gasteiger partial charge in [-0.2, -0.15) is 0 Å². The number of rotatable bonds is 4. The molecule has 0 N–H and O–H groups in total. The smallest absolute Gasteiger partial charge is 0.354 e. The molecule has 0 spiro atoms. The van der Waals surface area contributed by atoms with Crippen LogP contribution in [0.2, 0.25) is 0 Å². The van der Waals surface area contributed by atoms with E-state index in [9.17, 15) is 9.18 Å². The van der Waals surface area contributed by atoms with Gasteiger partial charge in [0.15, 0.2) is 0 Å². The fourth-order valence-electron chi connectivity index (χ4n) is 1.47. The van der Waals surface area contributed by atoms with Gasteiger partial charge in [-0.25, -0.2) is 9.18 Å². The first kappa shape index (κ1) is 11.8. The molecule has 0 saturated heterocycles. The molecule has 0 aromatic rings. The highest BCUT2D eigenvalue weighted by Gasteiger charge is 2.45. The SMILES string of the molecule is C=IC(F)(C(=O)OCC)C1CC=CC1. The average molecular weight is 312 g/mol. The van der Waals surface area contributed by atoms with Gasteiger partial charge in [0.1, 0.15) is 0 Å². The fraction of sp³-hybridized carbons (Fsp3) is 0.600. The van der Waals surface area contributed by atoms with Crippen LogP contribution < -0.4 is 0 Å². The van der Waals surface area contributed by atoms with Gasteiger partial charge in [0.25, 0.3) is 3.68 Å². The number of ether oxygens (including phenoxy) is 1. The molecule has 0 fully saturated rings. The van der Waals surface area contributed by atoms with Crippen LogP contribution in [-0.4, -0.2) is 20.8 Å². The number of carbonyl (C=O) groups excluding carboxylic acids is 1. The van der Waals surface area contributed by atoms with Crippen molar-refractivity contribution < 1.29 is 13.9 Å². The Morgan fingerprint density at radius 2 is 2.29 bits per heavy atom. The van der Waals surface area contributed by atoms with E-state index in [2.05, 4.69) is 4.51 Å². The van der Waals surface area contributed by atoms with Crippen LogP contribution in [0.4, 0.5) is 4.39 Å². The van der Waals surface area contributed by atoms with E-state index in [1.165, 1.54) is 0 Å². The minimum Gasteiger partial charge on any atom is -0.463 e. The number of hydrogen-bond donors (Lipinski definition) is 0. The molecule has 0 aromatic carbocycles. The molecule has 0 saturated carbocycles. The van der Waals surface area contributed by atoms with Gasteiger partial charge in [-0.15, -0.1) is 0 Å². The minimum absolute atomic E-state index is 0.231. The van der Waals surface area contributed by atoms with Crippen LogP contribution in [0.5, 0.6) is 0 Å². The zero-order chi connectivity index (χ0) is 10.6. The highest BCUT2D eigenvalue weighted by atomic mass is 127. The molecule has 0 aliphatic heterocycles. The second-order valence-corrected chi connectivity index (χ2v) is 5.45. The van der Waals surface area contributed by atoms with Crippen molar-refractivity contribution >= 4 is 31.2 Å². The molecular weight excluding hydrogens is 298 g/mol. The highest BCUT2D eigenvalue weighted by molar-refractivity contribution is 14.2. The molecule has 80 valence electrons. The number of allylic oxidation sites excluding steroid dienone is 2. The molecule has 0 bridgehead atoms. The molecular formula is C10H14FIO2. The normalized spacial score (nSPS) is 20.7. The lowest BCUT2D eigenvalue weighted by Gasteiger charge is -2.24. The van der Waals surface area contributed by atoms with Crippen molar-refractivity contribution in [2.45, 2.75) is 23.4 Å². The standard InChI is InChI=1S/C10H14FIO2/c1-3-14-9(13)10(11,12-2)8-6-4-5-7-8/h4-5,8H,2-3,6-7H2,1H3. The first-order valence-corrected chi connectivity index (χ1v) is 7.16. The quantitative estimate of drug-likeness (QED) is 0.345. The Kier molecular flexibility index (Phi) is 4.22. The maximum absolute atomic E-state index is 14.3. The van der Waals surface area contributed by atoms with Crippen molar-refractivity contribution in [1.29, 1.82) is 0 Å². The lowest BCUT2D eigenvalue weighted by molar-refractivity contribution is -0.152. The summed E-state index contributed by atoms with van der Waals surface area (Å²) >= 11 is -1.04. The molecule has 4 heteroatoms. The van der Waals surface area contributed by atoms with Crippen LogP contribution in [-0.2, 0) is 9.53 Å². The fourth-order valence-corrected chi connectivity index (χ4v) is 3.07. The summed E-state index contributed by atoms with van der Waals surface area (Å²) in [5, 5.41) is 0. The lowest BCUT2D eigenvalue weighted by Crippen LogP contribution is -2.36. The Morgan fingerprint density at radius 3 is 2.71 bits per heavy atom. The van der Waals surface area contributed by atoms with Crippen molar-refractivity contribution in [1.82, 2.24) is 0 Å². The van der Waals surface area contributed by atoms with Gasteiger partial charge in [-0.3, -0.25) is 0 Å². The number of alkyl halides is 2. The van der Waals surface area contributed by atoms with Crippen LogP contribution in [0.15, 0.2) is 12.2 Å². The summed E-state index contributed by atoms with van der Waals surface area (Å²) in [5.74, 6) is -0.955. The molecule has 1 atom stereocenters. The van der Waals surface area contributed by atoms with Crippen LogP contribution >= 0.6 is 20.7 Å². The first-order valence-electron chi connectivity index (χ1n) is 4.55. The Bertz CT molecular complexity index is 257. The summed E-state index contributed by atoms with van der Waals surface area (Å²) in [7, 11) is 0. The summed E-state index contributed by atoms with van der Waals surface area (Å²) in [6, 6.07) is 0. The van der Waals surface area contributed by atoms with Crippen molar-refractivity contribution in [3.8, 4) is 0 Å². The molecule has 1 unspecified atom stereocenters. The topological polar surface area (TPSA) is 26.3 Å². The van der Waals surface area contributed by atoms with Crippen LogP contribution in [0, 0.1) is 5.92 Å².